The van der Waals surface area contributed by atoms with Gasteiger partial charge in [0.05, 0.1) is 0 Å². The highest BCUT2D eigenvalue weighted by Crippen LogP contribution is 2.39. The lowest BCUT2D eigenvalue weighted by Gasteiger charge is -2.19. The fraction of sp³-hybridized carbons (Fsp3) is 0.343. The van der Waals surface area contributed by atoms with Crippen LogP contribution in [0.2, 0.25) is 0 Å². The predicted molar refractivity (Wildman–Crippen MR) is 171 cm³/mol. The molecule has 0 bridgehead atoms. The van der Waals surface area contributed by atoms with Gasteiger partial charge in [0.25, 0.3) is 0 Å². The molecule has 3 aromatic carbocycles. The summed E-state index contributed by atoms with van der Waals surface area (Å²) in [5.41, 5.74) is 9.61. The quantitative estimate of drug-likeness (QED) is 0.128. The van der Waals surface area contributed by atoms with Crippen LogP contribution in [0.4, 0.5) is 17.3 Å². The summed E-state index contributed by atoms with van der Waals surface area (Å²) in [4.78, 5) is 2.59. The van der Waals surface area contributed by atoms with Crippen molar-refractivity contribution in [3.05, 3.63) is 102 Å². The van der Waals surface area contributed by atoms with Crippen molar-refractivity contribution in [2.24, 2.45) is 0 Å². The predicted octanol–water partition coefficient (Wildman–Crippen LogP) is 12.2. The second kappa shape index (κ2) is 12.1. The maximum Gasteiger partial charge on any atom is 0.673 e. The monoisotopic (exact) mass is 580 g/mol. The minimum Gasteiger partial charge on any atom is -0.418 e. The molecule has 0 radical (unpaired) electrons. The van der Waals surface area contributed by atoms with E-state index in [1.165, 1.54) is 48.7 Å². The normalized spacial score (nSPS) is 12.5. The van der Waals surface area contributed by atoms with Gasteiger partial charge in [-0.3, -0.25) is 0 Å². The Morgan fingerprint density at radius 1 is 0.415 bits per heavy atom. The van der Waals surface area contributed by atoms with Gasteiger partial charge in [0.2, 0.25) is 21.1 Å². The van der Waals surface area contributed by atoms with Gasteiger partial charge in [-0.25, -0.2) is 0 Å². The summed E-state index contributed by atoms with van der Waals surface area (Å²) in [5, 5.41) is 0. The van der Waals surface area contributed by atoms with Crippen molar-refractivity contribution in [1.29, 1.82) is 0 Å². The van der Waals surface area contributed by atoms with Crippen LogP contribution in [0.15, 0.2) is 84.9 Å². The van der Waals surface area contributed by atoms with E-state index in [9.17, 15) is 17.3 Å². The zero-order valence-electron chi connectivity index (χ0n) is 25.6. The fourth-order valence-corrected chi connectivity index (χ4v) is 5.50. The van der Waals surface area contributed by atoms with Crippen molar-refractivity contribution in [3.8, 4) is 32.0 Å². The number of hydrogen-bond acceptors (Lipinski definition) is 0. The third kappa shape index (κ3) is 9.53. The molecule has 0 nitrogen and oxygen atoms in total. The first-order valence-corrected chi connectivity index (χ1v) is 14.7. The van der Waals surface area contributed by atoms with E-state index in [-0.39, 0.29) is 16.2 Å². The Hall–Kier alpha value is -2.99. The smallest absolute Gasteiger partial charge is 0.418 e. The van der Waals surface area contributed by atoms with Gasteiger partial charge in [0.1, 0.15) is 0 Å². The third-order valence-corrected chi connectivity index (χ3v) is 8.10. The Morgan fingerprint density at radius 2 is 0.659 bits per heavy atom. The molecule has 0 atom stereocenters. The van der Waals surface area contributed by atoms with Gasteiger partial charge >= 0.3 is 7.25 Å². The average molecular weight is 581 g/mol. The van der Waals surface area contributed by atoms with Gasteiger partial charge < -0.3 is 17.3 Å². The molecule has 0 aliphatic carbocycles. The summed E-state index contributed by atoms with van der Waals surface area (Å²) in [7, 11) is -6.00. The van der Waals surface area contributed by atoms with Gasteiger partial charge in [-0.15, -0.1) is 0 Å². The van der Waals surface area contributed by atoms with Crippen molar-refractivity contribution in [2.75, 3.05) is 0 Å². The first-order valence-electron chi connectivity index (χ1n) is 13.9. The van der Waals surface area contributed by atoms with Crippen LogP contribution >= 0.6 is 11.3 Å². The van der Waals surface area contributed by atoms with Gasteiger partial charge in [-0.1, -0.05) is 111 Å². The fourth-order valence-electron chi connectivity index (χ4n) is 4.38. The molecule has 0 saturated carbocycles. The van der Waals surface area contributed by atoms with Crippen LogP contribution in [-0.2, 0) is 16.2 Å². The molecule has 218 valence electrons. The number of rotatable bonds is 3. The zero-order valence-corrected chi connectivity index (χ0v) is 26.4. The number of halogens is 4. The van der Waals surface area contributed by atoms with E-state index in [1.807, 2.05) is 11.3 Å². The van der Waals surface area contributed by atoms with E-state index >= 15 is 0 Å². The summed E-state index contributed by atoms with van der Waals surface area (Å²) in [6.07, 6.45) is 0. The van der Waals surface area contributed by atoms with Crippen LogP contribution in [0.5, 0.6) is 0 Å². The molecule has 0 fully saturated rings. The highest BCUT2D eigenvalue weighted by molar-refractivity contribution is 7.18. The van der Waals surface area contributed by atoms with E-state index in [0.29, 0.717) is 0 Å². The molecule has 41 heavy (non-hydrogen) atoms. The molecular formula is C35H41BF4S. The van der Waals surface area contributed by atoms with Gasteiger partial charge in [0.15, 0.2) is 0 Å². The van der Waals surface area contributed by atoms with Gasteiger partial charge in [0, 0.05) is 23.3 Å². The first kappa shape index (κ1) is 32.5. The van der Waals surface area contributed by atoms with Crippen LogP contribution in [0.3, 0.4) is 0 Å². The highest BCUT2D eigenvalue weighted by atomic mass is 32.1. The molecule has 0 aliphatic heterocycles. The Morgan fingerprint density at radius 3 is 0.902 bits per heavy atom. The maximum absolute atomic E-state index is 9.75. The van der Waals surface area contributed by atoms with Crippen molar-refractivity contribution < 1.29 is 17.3 Å². The Bertz CT molecular complexity index is 1250. The Labute approximate surface area is 247 Å². The highest BCUT2D eigenvalue weighted by Gasteiger charge is 2.22. The molecule has 4 aromatic rings. The minimum atomic E-state index is -6.00. The lowest BCUT2D eigenvalue weighted by molar-refractivity contribution is 0.368. The molecule has 0 unspecified atom stereocenters. The second-order valence-electron chi connectivity index (χ2n) is 13.6. The van der Waals surface area contributed by atoms with Crippen molar-refractivity contribution in [3.63, 3.8) is 0 Å². The molecule has 0 spiro atoms. The summed E-state index contributed by atoms with van der Waals surface area (Å²) in [5.74, 6) is 0. The molecule has 4 rings (SSSR count). The van der Waals surface area contributed by atoms with E-state index in [4.69, 9.17) is 0 Å². The second-order valence-corrected chi connectivity index (χ2v) is 14.6. The zero-order chi connectivity index (χ0) is 30.8. The minimum absolute atomic E-state index is 0.150. The third-order valence-electron chi connectivity index (χ3n) is 6.95. The van der Waals surface area contributed by atoms with Crippen LogP contribution in [0.25, 0.3) is 32.0 Å². The van der Waals surface area contributed by atoms with E-state index in [1.54, 1.807) is 0 Å². The standard InChI is InChI=1S/C35H41S.BF4/c1-33(2,3)28-16-10-24(11-17-28)27-22-31(25-12-18-29(19-13-25)34(4,5)6)36-32(23-27)26-14-20-30(21-15-26)35(7,8)9;2-1(3,4)5/h10-23H,1-9H3;/q+1;-1. The van der Waals surface area contributed by atoms with Gasteiger partial charge in [-0.05, 0) is 68.3 Å². The molecular weight excluding hydrogens is 539 g/mol. The SMILES string of the molecule is CC(C)(C)c1ccc(-c2cc(-c3ccc(C(C)(C)C)cc3)[s+]c(-c3ccc(C(C)(C)C)cc3)c2)cc1.F[B-](F)(F)F. The first-order chi connectivity index (χ1) is 18.7. The summed E-state index contributed by atoms with van der Waals surface area (Å²) >= 11 is 1.87. The van der Waals surface area contributed by atoms with Crippen LogP contribution in [-0.4, -0.2) is 7.25 Å². The van der Waals surface area contributed by atoms with E-state index < -0.39 is 7.25 Å². The number of hydrogen-bond donors (Lipinski definition) is 0. The average Bonchev–Trinajstić information content (AvgIpc) is 2.86. The molecule has 1 heterocycles. The van der Waals surface area contributed by atoms with Crippen molar-refractivity contribution in [1.82, 2.24) is 0 Å². The maximum atomic E-state index is 9.75. The number of benzene rings is 3. The molecule has 0 aliphatic rings. The van der Waals surface area contributed by atoms with E-state index in [2.05, 4.69) is 147 Å². The van der Waals surface area contributed by atoms with Crippen LogP contribution in [0.1, 0.15) is 79.0 Å². The topological polar surface area (TPSA) is 0 Å². The summed E-state index contributed by atoms with van der Waals surface area (Å²) in [6.45, 7) is 20.4. The van der Waals surface area contributed by atoms with Crippen molar-refractivity contribution >= 4 is 18.6 Å². The largest absolute Gasteiger partial charge is 0.673 e. The lowest BCUT2D eigenvalue weighted by Crippen LogP contribution is -2.10. The summed E-state index contributed by atoms with van der Waals surface area (Å²) < 4.78 is 39.0. The van der Waals surface area contributed by atoms with Crippen LogP contribution < -0.4 is 0 Å². The Kier molecular flexibility index (Phi) is 9.59. The molecule has 0 N–H and O–H groups in total. The lowest BCUT2D eigenvalue weighted by atomic mass is 9.86. The molecule has 0 saturated heterocycles. The van der Waals surface area contributed by atoms with Crippen LogP contribution in [0, 0.1) is 0 Å². The Balaban J connectivity index is 0.000000850. The van der Waals surface area contributed by atoms with Gasteiger partial charge in [-0.2, -0.15) is 0 Å². The molecule has 1 aromatic heterocycles. The van der Waals surface area contributed by atoms with E-state index in [0.717, 1.165) is 0 Å². The molecule has 6 heteroatoms. The van der Waals surface area contributed by atoms with Crippen molar-refractivity contribution in [2.45, 2.75) is 78.6 Å². The molecule has 0 amide bonds. The summed E-state index contributed by atoms with van der Waals surface area (Å²) in [6, 6.07) is 32.1.